The fraction of sp³-hybridized carbons (Fsp3) is 0.750. The zero-order valence-electron chi connectivity index (χ0n) is 13.8. The third kappa shape index (κ3) is 2.82. The number of alkyl halides is 2. The molecule has 0 aliphatic carbocycles. The number of nitrogens with zero attached hydrogens (tertiary/aromatic N) is 4. The minimum atomic E-state index is -2.59. The minimum absolute atomic E-state index is 0.138. The van der Waals surface area contributed by atoms with Gasteiger partial charge in [-0.05, 0) is 6.92 Å². The van der Waals surface area contributed by atoms with E-state index in [1.54, 1.807) is 0 Å². The molecule has 3 unspecified atom stereocenters. The van der Waals surface area contributed by atoms with Gasteiger partial charge in [-0.25, -0.2) is 8.78 Å². The fourth-order valence-electron chi connectivity index (χ4n) is 4.00. The Morgan fingerprint density at radius 1 is 1.33 bits per heavy atom. The number of hydrogen-bond donors (Lipinski definition) is 1. The van der Waals surface area contributed by atoms with Gasteiger partial charge in [0.25, 0.3) is 5.92 Å². The van der Waals surface area contributed by atoms with E-state index in [0.29, 0.717) is 12.2 Å². The van der Waals surface area contributed by atoms with Gasteiger partial charge in [-0.2, -0.15) is 0 Å². The highest BCUT2D eigenvalue weighted by atomic mass is 19.3. The first-order valence-electron chi connectivity index (χ1n) is 8.57. The van der Waals surface area contributed by atoms with Crippen LogP contribution in [-0.4, -0.2) is 54.0 Å². The summed E-state index contributed by atoms with van der Waals surface area (Å²) in [7, 11) is 0. The predicted molar refractivity (Wildman–Crippen MR) is 86.4 cm³/mol. The predicted octanol–water partition coefficient (Wildman–Crippen LogP) is 1.54. The molecule has 24 heavy (non-hydrogen) atoms. The van der Waals surface area contributed by atoms with Crippen molar-refractivity contribution in [3.63, 3.8) is 0 Å². The molecule has 5 rings (SSSR count). The summed E-state index contributed by atoms with van der Waals surface area (Å²) in [6.45, 7) is 4.00. The molecule has 4 aliphatic heterocycles. The lowest BCUT2D eigenvalue weighted by atomic mass is 9.98. The van der Waals surface area contributed by atoms with Crippen molar-refractivity contribution in [2.24, 2.45) is 5.73 Å². The summed E-state index contributed by atoms with van der Waals surface area (Å²) in [5, 5.41) is 8.57. The Labute approximate surface area is 140 Å². The number of hydrogen-bond acceptors (Lipinski definition) is 6. The van der Waals surface area contributed by atoms with E-state index in [1.165, 1.54) is 0 Å². The SMILES string of the molecule is CC1CC(F)(F)CCN1c1cc(N2CC3CC(C2)O3)nnc1CN. The van der Waals surface area contributed by atoms with Crippen molar-refractivity contribution >= 4 is 11.5 Å². The molecule has 4 fully saturated rings. The molecule has 0 saturated carbocycles. The maximum atomic E-state index is 13.6. The van der Waals surface area contributed by atoms with Gasteiger partial charge in [-0.1, -0.05) is 0 Å². The molecule has 1 aromatic heterocycles. The van der Waals surface area contributed by atoms with Crippen LogP contribution >= 0.6 is 0 Å². The summed E-state index contributed by atoms with van der Waals surface area (Å²) in [4.78, 5) is 4.17. The van der Waals surface area contributed by atoms with Crippen LogP contribution in [0.15, 0.2) is 6.07 Å². The average molecular weight is 339 g/mol. The number of nitrogens with two attached hydrogens (primary N) is 1. The summed E-state index contributed by atoms with van der Waals surface area (Å²) in [5.41, 5.74) is 7.30. The van der Waals surface area contributed by atoms with E-state index in [0.717, 1.165) is 31.0 Å². The van der Waals surface area contributed by atoms with Crippen molar-refractivity contribution in [2.45, 2.75) is 56.9 Å². The van der Waals surface area contributed by atoms with Crippen LogP contribution in [0.2, 0.25) is 0 Å². The Kier molecular flexibility index (Phi) is 3.84. The lowest BCUT2D eigenvalue weighted by Gasteiger charge is -2.47. The minimum Gasteiger partial charge on any atom is -0.371 e. The molecule has 6 nitrogen and oxygen atoms in total. The molecule has 1 aromatic rings. The van der Waals surface area contributed by atoms with Gasteiger partial charge in [0.05, 0.1) is 17.9 Å². The number of halogens is 2. The lowest BCUT2D eigenvalue weighted by molar-refractivity contribution is -0.133. The zero-order valence-corrected chi connectivity index (χ0v) is 13.8. The monoisotopic (exact) mass is 339 g/mol. The summed E-state index contributed by atoms with van der Waals surface area (Å²) in [6.07, 6.45) is 1.37. The maximum Gasteiger partial charge on any atom is 0.251 e. The molecule has 0 aromatic carbocycles. The molecule has 5 heterocycles. The number of aromatic nitrogens is 2. The molecular formula is C16H23F2N5O. The lowest BCUT2D eigenvalue weighted by Crippen LogP contribution is -2.57. The molecule has 3 atom stereocenters. The van der Waals surface area contributed by atoms with Crippen molar-refractivity contribution < 1.29 is 13.5 Å². The number of anilines is 2. The van der Waals surface area contributed by atoms with E-state index in [4.69, 9.17) is 10.5 Å². The summed E-state index contributed by atoms with van der Waals surface area (Å²) >= 11 is 0. The van der Waals surface area contributed by atoms with Crippen molar-refractivity contribution in [2.75, 3.05) is 29.4 Å². The van der Waals surface area contributed by atoms with Crippen molar-refractivity contribution in [1.29, 1.82) is 0 Å². The van der Waals surface area contributed by atoms with E-state index in [-0.39, 0.29) is 37.6 Å². The number of fused-ring (bicyclic) bond motifs is 2. The number of morpholine rings is 1. The van der Waals surface area contributed by atoms with Crippen LogP contribution in [0.25, 0.3) is 0 Å². The largest absolute Gasteiger partial charge is 0.371 e. The van der Waals surface area contributed by atoms with E-state index in [1.807, 2.05) is 17.9 Å². The second-order valence-corrected chi connectivity index (χ2v) is 7.11. The Bertz CT molecular complexity index is 612. The molecule has 132 valence electrons. The standard InChI is InChI=1S/C16H23F2N5O/c1-10-6-16(17,18)2-3-23(10)14-5-15(21-20-13(14)7-19)22-8-11-4-12(9-22)24-11/h5,10-12H,2-4,6-9,19H2,1H3. The Hall–Kier alpha value is -1.54. The zero-order chi connectivity index (χ0) is 16.9. The average Bonchev–Trinajstić information content (AvgIpc) is 2.53. The molecule has 2 N–H and O–H groups in total. The molecule has 4 aliphatic rings. The van der Waals surface area contributed by atoms with Crippen LogP contribution < -0.4 is 15.5 Å². The van der Waals surface area contributed by atoms with Crippen LogP contribution in [-0.2, 0) is 11.3 Å². The number of rotatable bonds is 3. The maximum absolute atomic E-state index is 13.6. The third-order valence-electron chi connectivity index (χ3n) is 5.26. The Morgan fingerprint density at radius 2 is 2.04 bits per heavy atom. The summed E-state index contributed by atoms with van der Waals surface area (Å²) < 4.78 is 32.9. The van der Waals surface area contributed by atoms with Gasteiger partial charge in [-0.15, -0.1) is 10.2 Å². The van der Waals surface area contributed by atoms with Crippen LogP contribution in [0, 0.1) is 0 Å². The molecule has 8 heteroatoms. The Morgan fingerprint density at radius 3 is 2.67 bits per heavy atom. The molecule has 4 saturated heterocycles. The normalized spacial score (nSPS) is 31.8. The number of piperidine rings is 2. The Balaban J connectivity index is 1.60. The molecular weight excluding hydrogens is 316 g/mol. The van der Waals surface area contributed by atoms with Gasteiger partial charge in [0.15, 0.2) is 5.82 Å². The van der Waals surface area contributed by atoms with E-state index >= 15 is 0 Å². The molecule has 0 spiro atoms. The van der Waals surface area contributed by atoms with Gasteiger partial charge in [0.2, 0.25) is 0 Å². The van der Waals surface area contributed by atoms with E-state index < -0.39 is 5.92 Å². The molecule has 2 bridgehead atoms. The highest BCUT2D eigenvalue weighted by Crippen LogP contribution is 2.37. The molecule has 0 amide bonds. The van der Waals surface area contributed by atoms with Gasteiger partial charge >= 0.3 is 0 Å². The second kappa shape index (κ2) is 5.77. The van der Waals surface area contributed by atoms with Gasteiger partial charge in [0, 0.05) is 57.5 Å². The van der Waals surface area contributed by atoms with Gasteiger partial charge in [0.1, 0.15) is 5.69 Å². The summed E-state index contributed by atoms with van der Waals surface area (Å²) in [6, 6.07) is 1.70. The van der Waals surface area contributed by atoms with Gasteiger partial charge in [-0.3, -0.25) is 0 Å². The van der Waals surface area contributed by atoms with Crippen LogP contribution in [0.4, 0.5) is 20.3 Å². The topological polar surface area (TPSA) is 67.5 Å². The van der Waals surface area contributed by atoms with Crippen molar-refractivity contribution in [3.05, 3.63) is 11.8 Å². The quantitative estimate of drug-likeness (QED) is 0.901. The first-order valence-corrected chi connectivity index (χ1v) is 8.57. The second-order valence-electron chi connectivity index (χ2n) is 7.11. The highest BCUT2D eigenvalue weighted by Gasteiger charge is 2.41. The van der Waals surface area contributed by atoms with Crippen LogP contribution in [0.3, 0.4) is 0 Å². The highest BCUT2D eigenvalue weighted by molar-refractivity contribution is 5.59. The van der Waals surface area contributed by atoms with Crippen molar-refractivity contribution in [3.8, 4) is 0 Å². The first-order chi connectivity index (χ1) is 11.4. The number of ether oxygens (including phenoxy) is 1. The first kappa shape index (κ1) is 16.0. The van der Waals surface area contributed by atoms with Crippen LogP contribution in [0.5, 0.6) is 0 Å². The van der Waals surface area contributed by atoms with Gasteiger partial charge < -0.3 is 20.3 Å². The van der Waals surface area contributed by atoms with Crippen LogP contribution in [0.1, 0.15) is 31.9 Å². The van der Waals surface area contributed by atoms with E-state index in [9.17, 15) is 8.78 Å². The smallest absolute Gasteiger partial charge is 0.251 e. The van der Waals surface area contributed by atoms with E-state index in [2.05, 4.69) is 15.1 Å². The third-order valence-corrected chi connectivity index (χ3v) is 5.26. The van der Waals surface area contributed by atoms with Crippen molar-refractivity contribution in [1.82, 2.24) is 10.2 Å². The fourth-order valence-corrected chi connectivity index (χ4v) is 4.00. The molecule has 0 radical (unpaired) electrons. The summed E-state index contributed by atoms with van der Waals surface area (Å²) in [5.74, 6) is -1.81.